The summed E-state index contributed by atoms with van der Waals surface area (Å²) in [6.07, 6.45) is 0. The lowest BCUT2D eigenvalue weighted by molar-refractivity contribution is -0.141. The number of hydrogen-bond acceptors (Lipinski definition) is 6. The molecule has 2 aliphatic rings. The van der Waals surface area contributed by atoms with E-state index in [9.17, 15) is 19.5 Å². The van der Waals surface area contributed by atoms with Gasteiger partial charge in [0.25, 0.3) is 5.91 Å². The van der Waals surface area contributed by atoms with Crippen molar-refractivity contribution in [3.63, 3.8) is 0 Å². The molecule has 176 valence electrons. The normalized spacial score (nSPS) is 19.2. The number of anilines is 1. The Hall–Kier alpha value is -3.87. The predicted octanol–water partition coefficient (Wildman–Crippen LogP) is 0.517. The third-order valence-electron chi connectivity index (χ3n) is 5.63. The molecule has 2 aromatic carbocycles. The first-order chi connectivity index (χ1) is 16.3. The van der Waals surface area contributed by atoms with Crippen molar-refractivity contribution in [2.75, 3.05) is 31.8 Å². The van der Waals surface area contributed by atoms with Crippen molar-refractivity contribution in [2.45, 2.75) is 24.6 Å². The maximum atomic E-state index is 13.0. The Labute approximate surface area is 197 Å². The average molecular weight is 463 g/mol. The highest BCUT2D eigenvalue weighted by Crippen LogP contribution is 2.31. The van der Waals surface area contributed by atoms with Crippen LogP contribution in [0.2, 0.25) is 0 Å². The topological polar surface area (TPSA) is 117 Å². The lowest BCUT2D eigenvalue weighted by atomic mass is 10.0. The van der Waals surface area contributed by atoms with Crippen molar-refractivity contribution >= 4 is 23.4 Å². The summed E-state index contributed by atoms with van der Waals surface area (Å²) in [6.45, 7) is 1.95. The van der Waals surface area contributed by atoms with Crippen LogP contribution in [-0.4, -0.2) is 61.3 Å². The molecule has 4 rings (SSSR count). The molecule has 0 saturated carbocycles. The number of amides is 3. The van der Waals surface area contributed by atoms with Gasteiger partial charge in [0.2, 0.25) is 0 Å². The van der Waals surface area contributed by atoms with Gasteiger partial charge < -0.3 is 30.1 Å². The lowest BCUT2D eigenvalue weighted by Crippen LogP contribution is -2.53. The zero-order valence-corrected chi connectivity index (χ0v) is 18.8. The van der Waals surface area contributed by atoms with Crippen LogP contribution in [0, 0.1) is 11.8 Å². The minimum absolute atomic E-state index is 0.133. The van der Waals surface area contributed by atoms with Gasteiger partial charge in [-0.2, -0.15) is 0 Å². The van der Waals surface area contributed by atoms with E-state index >= 15 is 0 Å². The Morgan fingerprint density at radius 2 is 1.91 bits per heavy atom. The standard InChI is InChI=1S/C25H25N3O6/c1-16(18-6-4-3-5-7-18)26-22(29)23(30)27-19-13-34-21-9-8-17(10-11-25(32)14-33-15-25)12-20(21)28(2)24(19)31/h3-9,12,16,19,32H,13-15H2,1-2H3,(H,26,29)(H,27,30)/t16-,19+/m1/s1. The lowest BCUT2D eigenvalue weighted by Gasteiger charge is -2.30. The summed E-state index contributed by atoms with van der Waals surface area (Å²) in [7, 11) is 1.55. The van der Waals surface area contributed by atoms with Crippen LogP contribution in [0.15, 0.2) is 48.5 Å². The molecule has 9 nitrogen and oxygen atoms in total. The number of carbonyl (C=O) groups is 3. The second kappa shape index (κ2) is 9.55. The van der Waals surface area contributed by atoms with Gasteiger partial charge in [0.15, 0.2) is 5.60 Å². The molecule has 2 atom stereocenters. The molecule has 0 bridgehead atoms. The van der Waals surface area contributed by atoms with Crippen LogP contribution in [-0.2, 0) is 19.1 Å². The van der Waals surface area contributed by atoms with Gasteiger partial charge in [-0.3, -0.25) is 14.4 Å². The third-order valence-corrected chi connectivity index (χ3v) is 5.63. The molecule has 1 saturated heterocycles. The van der Waals surface area contributed by atoms with E-state index in [1.165, 1.54) is 4.90 Å². The highest BCUT2D eigenvalue weighted by Gasteiger charge is 2.34. The molecule has 3 amide bonds. The minimum atomic E-state index is -1.15. The van der Waals surface area contributed by atoms with Gasteiger partial charge in [-0.15, -0.1) is 0 Å². The summed E-state index contributed by atoms with van der Waals surface area (Å²) in [5.74, 6) is 3.89. The maximum Gasteiger partial charge on any atom is 0.310 e. The van der Waals surface area contributed by atoms with Crippen LogP contribution in [0.1, 0.15) is 24.1 Å². The van der Waals surface area contributed by atoms with Crippen LogP contribution < -0.4 is 20.3 Å². The molecule has 34 heavy (non-hydrogen) atoms. The summed E-state index contributed by atoms with van der Waals surface area (Å²) >= 11 is 0. The van der Waals surface area contributed by atoms with E-state index in [2.05, 4.69) is 22.5 Å². The predicted molar refractivity (Wildman–Crippen MR) is 123 cm³/mol. The first-order valence-electron chi connectivity index (χ1n) is 10.8. The number of benzene rings is 2. The zero-order valence-electron chi connectivity index (χ0n) is 18.8. The molecule has 0 aromatic heterocycles. The number of fused-ring (bicyclic) bond motifs is 1. The van der Waals surface area contributed by atoms with Crippen LogP contribution in [0.4, 0.5) is 5.69 Å². The van der Waals surface area contributed by atoms with Gasteiger partial charge in [-0.1, -0.05) is 42.2 Å². The molecule has 3 N–H and O–H groups in total. The van der Waals surface area contributed by atoms with Gasteiger partial charge in [0.05, 0.1) is 24.9 Å². The average Bonchev–Trinajstić information content (AvgIpc) is 2.94. The Bertz CT molecular complexity index is 1170. The summed E-state index contributed by atoms with van der Waals surface area (Å²) in [5, 5.41) is 15.2. The molecule has 9 heteroatoms. The van der Waals surface area contributed by atoms with Gasteiger partial charge in [-0.25, -0.2) is 0 Å². The van der Waals surface area contributed by atoms with Gasteiger partial charge in [0.1, 0.15) is 18.4 Å². The van der Waals surface area contributed by atoms with E-state index in [1.54, 1.807) is 32.2 Å². The fourth-order valence-electron chi connectivity index (χ4n) is 3.55. The van der Waals surface area contributed by atoms with E-state index < -0.39 is 29.4 Å². The highest BCUT2D eigenvalue weighted by molar-refractivity contribution is 6.35. The molecule has 2 heterocycles. The maximum absolute atomic E-state index is 13.0. The second-order valence-corrected chi connectivity index (χ2v) is 8.30. The number of nitrogens with one attached hydrogen (secondary N) is 2. The number of rotatable bonds is 3. The van der Waals surface area contributed by atoms with Crippen LogP contribution >= 0.6 is 0 Å². The molecular formula is C25H25N3O6. The van der Waals surface area contributed by atoms with Crippen LogP contribution in [0.5, 0.6) is 5.75 Å². The van der Waals surface area contributed by atoms with E-state index in [1.807, 2.05) is 30.3 Å². The summed E-state index contributed by atoms with van der Waals surface area (Å²) in [4.78, 5) is 39.2. The first-order valence-corrected chi connectivity index (χ1v) is 10.8. The number of aliphatic hydroxyl groups is 1. The molecule has 2 aliphatic heterocycles. The molecule has 1 fully saturated rings. The van der Waals surface area contributed by atoms with Crippen molar-refractivity contribution in [2.24, 2.45) is 0 Å². The van der Waals surface area contributed by atoms with Gasteiger partial charge >= 0.3 is 11.8 Å². The number of ether oxygens (including phenoxy) is 2. The van der Waals surface area contributed by atoms with E-state index in [0.717, 1.165) is 5.56 Å². The fraction of sp³-hybridized carbons (Fsp3) is 0.320. The highest BCUT2D eigenvalue weighted by atomic mass is 16.5. The smallest absolute Gasteiger partial charge is 0.310 e. The van der Waals surface area contributed by atoms with Crippen LogP contribution in [0.3, 0.4) is 0 Å². The summed E-state index contributed by atoms with van der Waals surface area (Å²) < 4.78 is 10.7. The number of carbonyl (C=O) groups excluding carboxylic acids is 3. The summed E-state index contributed by atoms with van der Waals surface area (Å²) in [6, 6.07) is 12.9. The second-order valence-electron chi connectivity index (χ2n) is 8.30. The van der Waals surface area contributed by atoms with Crippen molar-refractivity contribution in [1.29, 1.82) is 0 Å². The fourth-order valence-corrected chi connectivity index (χ4v) is 3.55. The molecule has 2 aromatic rings. The van der Waals surface area contributed by atoms with Gasteiger partial charge in [0, 0.05) is 12.6 Å². The number of likely N-dealkylation sites (N-methyl/N-ethyl adjacent to an activating group) is 1. The molecule has 0 unspecified atom stereocenters. The minimum Gasteiger partial charge on any atom is -0.489 e. The summed E-state index contributed by atoms with van der Waals surface area (Å²) in [5.41, 5.74) is 0.745. The van der Waals surface area contributed by atoms with E-state index in [-0.39, 0.29) is 25.9 Å². The van der Waals surface area contributed by atoms with E-state index in [0.29, 0.717) is 17.0 Å². The molecule has 0 radical (unpaired) electrons. The van der Waals surface area contributed by atoms with E-state index in [4.69, 9.17) is 9.47 Å². The zero-order chi connectivity index (χ0) is 24.3. The quantitative estimate of drug-likeness (QED) is 0.451. The Morgan fingerprint density at radius 3 is 2.59 bits per heavy atom. The Kier molecular flexibility index (Phi) is 6.54. The van der Waals surface area contributed by atoms with Crippen molar-refractivity contribution < 1.29 is 29.0 Å². The molecule has 0 spiro atoms. The van der Waals surface area contributed by atoms with Crippen molar-refractivity contribution in [1.82, 2.24) is 10.6 Å². The number of hydrogen-bond donors (Lipinski definition) is 3. The molecular weight excluding hydrogens is 438 g/mol. The number of nitrogens with zero attached hydrogens (tertiary/aromatic N) is 1. The monoisotopic (exact) mass is 463 g/mol. The third kappa shape index (κ3) is 5.03. The first kappa shape index (κ1) is 23.3. The van der Waals surface area contributed by atoms with Gasteiger partial charge in [-0.05, 0) is 30.7 Å². The Morgan fingerprint density at radius 1 is 1.18 bits per heavy atom. The largest absolute Gasteiger partial charge is 0.489 e. The molecule has 0 aliphatic carbocycles. The Balaban J connectivity index is 1.42. The van der Waals surface area contributed by atoms with Crippen LogP contribution in [0.25, 0.3) is 0 Å². The SMILES string of the molecule is C[C@@H](NC(=O)C(=O)N[C@H]1COc2ccc(C#CC3(O)COC3)cc2N(C)C1=O)c1ccccc1. The van der Waals surface area contributed by atoms with Crippen molar-refractivity contribution in [3.05, 3.63) is 59.7 Å². The van der Waals surface area contributed by atoms with Crippen molar-refractivity contribution in [3.8, 4) is 17.6 Å².